The van der Waals surface area contributed by atoms with E-state index in [4.69, 9.17) is 0 Å². The summed E-state index contributed by atoms with van der Waals surface area (Å²) in [6, 6.07) is 18.6. The lowest BCUT2D eigenvalue weighted by Gasteiger charge is -2.12. The van der Waals surface area contributed by atoms with Crippen molar-refractivity contribution in [3.63, 3.8) is 0 Å². The molecular weight excluding hydrogens is 418 g/mol. The summed E-state index contributed by atoms with van der Waals surface area (Å²) >= 11 is 0. The van der Waals surface area contributed by atoms with Gasteiger partial charge in [0.15, 0.2) is 0 Å². The summed E-state index contributed by atoms with van der Waals surface area (Å²) in [4.78, 5) is 38.9. The molecule has 0 aliphatic heterocycles. The molecule has 0 saturated carbocycles. The molecule has 1 amide bonds. The van der Waals surface area contributed by atoms with Gasteiger partial charge in [-0.1, -0.05) is 36.4 Å². The number of carbonyl (C=O) groups is 1. The van der Waals surface area contributed by atoms with E-state index in [1.165, 1.54) is 42.5 Å². The van der Waals surface area contributed by atoms with Crippen molar-refractivity contribution in [2.24, 2.45) is 0 Å². The van der Waals surface area contributed by atoms with Crippen molar-refractivity contribution in [3.05, 3.63) is 123 Å². The maximum atomic E-state index is 13.8. The van der Waals surface area contributed by atoms with Crippen LogP contribution in [0, 0.1) is 11.6 Å². The van der Waals surface area contributed by atoms with Gasteiger partial charge in [-0.05, 0) is 48.0 Å². The molecule has 0 radical (unpaired) electrons. The molecule has 32 heavy (non-hydrogen) atoms. The van der Waals surface area contributed by atoms with Crippen LogP contribution < -0.4 is 16.6 Å². The highest BCUT2D eigenvalue weighted by Crippen LogP contribution is 2.09. The number of benzene rings is 3. The van der Waals surface area contributed by atoms with Gasteiger partial charge in [0.1, 0.15) is 11.6 Å². The minimum atomic E-state index is -0.930. The van der Waals surface area contributed by atoms with Gasteiger partial charge in [-0.15, -0.1) is 0 Å². The molecule has 7 nitrogen and oxygen atoms in total. The summed E-state index contributed by atoms with van der Waals surface area (Å²) in [5, 5.41) is 6.48. The SMILES string of the molecule is O=C(Nc1ccccc1)c1nn(-c2cccc(F)c2)c(=O)n(Cc2ccc(F)cc2)c1=O. The van der Waals surface area contributed by atoms with Crippen LogP contribution in [0.3, 0.4) is 0 Å². The second-order valence-corrected chi connectivity index (χ2v) is 6.86. The number of rotatable bonds is 5. The maximum absolute atomic E-state index is 13.8. The largest absolute Gasteiger partial charge is 0.352 e. The second kappa shape index (κ2) is 8.76. The molecule has 0 unspecified atom stereocenters. The van der Waals surface area contributed by atoms with Crippen LogP contribution in [0.4, 0.5) is 14.5 Å². The Hall–Kier alpha value is -4.40. The monoisotopic (exact) mass is 434 g/mol. The van der Waals surface area contributed by atoms with Gasteiger partial charge in [-0.3, -0.25) is 14.2 Å². The number of hydrogen-bond acceptors (Lipinski definition) is 4. The number of para-hydroxylation sites is 1. The Balaban J connectivity index is 1.86. The Kier molecular flexibility index (Phi) is 5.71. The van der Waals surface area contributed by atoms with Crippen LogP contribution in [-0.4, -0.2) is 20.3 Å². The predicted molar refractivity (Wildman–Crippen MR) is 114 cm³/mol. The number of carbonyl (C=O) groups excluding carboxylic acids is 1. The molecule has 0 aliphatic carbocycles. The van der Waals surface area contributed by atoms with Gasteiger partial charge < -0.3 is 5.32 Å². The second-order valence-electron chi connectivity index (χ2n) is 6.86. The molecular formula is C23H16F2N4O3. The topological polar surface area (TPSA) is 86.0 Å². The van der Waals surface area contributed by atoms with Gasteiger partial charge in [0.25, 0.3) is 11.5 Å². The van der Waals surface area contributed by atoms with Gasteiger partial charge in [-0.25, -0.2) is 13.6 Å². The minimum absolute atomic E-state index is 0.0385. The summed E-state index contributed by atoms with van der Waals surface area (Å²) in [6.07, 6.45) is 0. The van der Waals surface area contributed by atoms with Crippen LogP contribution >= 0.6 is 0 Å². The van der Waals surface area contributed by atoms with Crippen LogP contribution in [0.1, 0.15) is 16.1 Å². The van der Waals surface area contributed by atoms with Crippen LogP contribution in [-0.2, 0) is 6.54 Å². The standard InChI is InChI=1S/C23H16F2N4O3/c24-16-11-9-15(10-12-16)14-28-22(31)20(21(30)26-18-6-2-1-3-7-18)27-29(23(28)32)19-8-4-5-17(25)13-19/h1-13H,14H2,(H,26,30). The molecule has 4 rings (SSSR count). The molecule has 160 valence electrons. The van der Waals surface area contributed by atoms with Gasteiger partial charge in [0, 0.05) is 5.69 Å². The average Bonchev–Trinajstić information content (AvgIpc) is 2.78. The number of nitrogens with zero attached hydrogens (tertiary/aromatic N) is 3. The molecule has 0 fully saturated rings. The first-order valence-electron chi connectivity index (χ1n) is 9.53. The van der Waals surface area contributed by atoms with E-state index in [0.29, 0.717) is 11.3 Å². The molecule has 3 aromatic carbocycles. The zero-order valence-electron chi connectivity index (χ0n) is 16.5. The van der Waals surface area contributed by atoms with Gasteiger partial charge in [-0.2, -0.15) is 9.78 Å². The van der Waals surface area contributed by atoms with Crippen molar-refractivity contribution in [1.29, 1.82) is 0 Å². The predicted octanol–water partition coefficient (Wildman–Crippen LogP) is 2.97. The van der Waals surface area contributed by atoms with E-state index in [9.17, 15) is 23.2 Å². The lowest BCUT2D eigenvalue weighted by atomic mass is 10.2. The first-order chi connectivity index (χ1) is 15.4. The van der Waals surface area contributed by atoms with Crippen molar-refractivity contribution in [1.82, 2.24) is 14.3 Å². The van der Waals surface area contributed by atoms with Crippen molar-refractivity contribution in [3.8, 4) is 5.69 Å². The molecule has 0 atom stereocenters. The Labute approximate surface area is 180 Å². The zero-order chi connectivity index (χ0) is 22.7. The third-order valence-corrected chi connectivity index (χ3v) is 4.61. The summed E-state index contributed by atoms with van der Waals surface area (Å²) in [7, 11) is 0. The molecule has 0 spiro atoms. The number of aromatic nitrogens is 3. The molecule has 1 N–H and O–H groups in total. The molecule has 1 heterocycles. The summed E-state index contributed by atoms with van der Waals surface area (Å²) in [5.41, 5.74) is -1.44. The third kappa shape index (κ3) is 4.36. The lowest BCUT2D eigenvalue weighted by molar-refractivity contribution is 0.101. The van der Waals surface area contributed by atoms with Crippen molar-refractivity contribution in [2.45, 2.75) is 6.54 Å². The molecule has 0 bridgehead atoms. The van der Waals surface area contributed by atoms with Crippen LogP contribution in [0.2, 0.25) is 0 Å². The fraction of sp³-hybridized carbons (Fsp3) is 0.0435. The van der Waals surface area contributed by atoms with E-state index in [0.717, 1.165) is 15.3 Å². The molecule has 4 aromatic rings. The van der Waals surface area contributed by atoms with Crippen LogP contribution in [0.15, 0.2) is 88.5 Å². The Morgan fingerprint density at radius 2 is 1.59 bits per heavy atom. The van der Waals surface area contributed by atoms with Gasteiger partial charge in [0.05, 0.1) is 12.2 Å². The quantitative estimate of drug-likeness (QED) is 0.523. The van der Waals surface area contributed by atoms with Crippen LogP contribution in [0.25, 0.3) is 5.69 Å². The molecule has 9 heteroatoms. The minimum Gasteiger partial charge on any atom is -0.320 e. The average molecular weight is 434 g/mol. The zero-order valence-corrected chi connectivity index (χ0v) is 16.5. The fourth-order valence-corrected chi connectivity index (χ4v) is 3.06. The van der Waals surface area contributed by atoms with E-state index in [2.05, 4.69) is 10.4 Å². The highest BCUT2D eigenvalue weighted by atomic mass is 19.1. The van der Waals surface area contributed by atoms with Gasteiger partial charge >= 0.3 is 5.69 Å². The molecule has 0 aliphatic rings. The third-order valence-electron chi connectivity index (χ3n) is 4.61. The summed E-state index contributed by atoms with van der Waals surface area (Å²) in [6.45, 7) is -0.235. The van der Waals surface area contributed by atoms with Crippen LogP contribution in [0.5, 0.6) is 0 Å². The Bertz CT molecular complexity index is 1400. The number of halogens is 2. The summed E-state index contributed by atoms with van der Waals surface area (Å²) in [5.74, 6) is -1.93. The maximum Gasteiger partial charge on any atom is 0.352 e. The number of nitrogens with one attached hydrogen (secondary N) is 1. The first-order valence-corrected chi connectivity index (χ1v) is 9.53. The highest BCUT2D eigenvalue weighted by Gasteiger charge is 2.21. The van der Waals surface area contributed by atoms with Crippen molar-refractivity contribution >= 4 is 11.6 Å². The van der Waals surface area contributed by atoms with Crippen molar-refractivity contribution in [2.75, 3.05) is 5.32 Å². The Morgan fingerprint density at radius 1 is 0.875 bits per heavy atom. The van der Waals surface area contributed by atoms with Crippen molar-refractivity contribution < 1.29 is 13.6 Å². The Morgan fingerprint density at radius 3 is 2.28 bits per heavy atom. The van der Waals surface area contributed by atoms with E-state index in [1.807, 2.05) is 0 Å². The summed E-state index contributed by atoms with van der Waals surface area (Å²) < 4.78 is 28.6. The van der Waals surface area contributed by atoms with E-state index in [1.54, 1.807) is 30.3 Å². The molecule has 0 saturated heterocycles. The number of amides is 1. The van der Waals surface area contributed by atoms with E-state index < -0.39 is 34.5 Å². The van der Waals surface area contributed by atoms with Gasteiger partial charge in [0.2, 0.25) is 5.69 Å². The normalized spacial score (nSPS) is 10.7. The number of anilines is 1. The fourth-order valence-electron chi connectivity index (χ4n) is 3.06. The van der Waals surface area contributed by atoms with E-state index >= 15 is 0 Å². The highest BCUT2D eigenvalue weighted by molar-refractivity contribution is 6.02. The van der Waals surface area contributed by atoms with E-state index in [-0.39, 0.29) is 12.2 Å². The smallest absolute Gasteiger partial charge is 0.320 e. The lowest BCUT2D eigenvalue weighted by Crippen LogP contribution is -2.45. The molecule has 1 aromatic heterocycles. The number of hydrogen-bond donors (Lipinski definition) is 1. The first kappa shape index (κ1) is 20.9.